The van der Waals surface area contributed by atoms with Gasteiger partial charge in [0.05, 0.1) is 11.5 Å². The molecule has 0 aliphatic carbocycles. The standard InChI is InChI=1S/C8H12F2O4S/c1-7(9,10)8(6(11)12)2-4-15(13,14)5-3-8/h2-5H2,1H3,(H,11,12). The van der Waals surface area contributed by atoms with Crippen LogP contribution in [-0.2, 0) is 14.6 Å². The van der Waals surface area contributed by atoms with Crippen LogP contribution in [0.5, 0.6) is 0 Å². The smallest absolute Gasteiger partial charge is 0.315 e. The Labute approximate surface area is 86.2 Å². The third kappa shape index (κ3) is 2.11. The molecule has 0 bridgehead atoms. The van der Waals surface area contributed by atoms with Gasteiger partial charge in [-0.2, -0.15) is 0 Å². The lowest BCUT2D eigenvalue weighted by molar-refractivity contribution is -0.177. The van der Waals surface area contributed by atoms with Crippen LogP contribution in [0, 0.1) is 5.41 Å². The molecule has 0 unspecified atom stereocenters. The molecule has 1 rings (SSSR count). The molecule has 0 radical (unpaired) electrons. The number of hydrogen-bond acceptors (Lipinski definition) is 3. The Morgan fingerprint density at radius 2 is 1.73 bits per heavy atom. The van der Waals surface area contributed by atoms with Gasteiger partial charge in [-0.3, -0.25) is 4.79 Å². The van der Waals surface area contributed by atoms with Gasteiger partial charge in [0.1, 0.15) is 15.3 Å². The lowest BCUT2D eigenvalue weighted by Crippen LogP contribution is -2.50. The van der Waals surface area contributed by atoms with Gasteiger partial charge in [-0.25, -0.2) is 17.2 Å². The second-order valence-electron chi connectivity index (χ2n) is 3.93. The second kappa shape index (κ2) is 3.40. The molecule has 1 aliphatic heterocycles. The van der Waals surface area contributed by atoms with Crippen LogP contribution in [0.2, 0.25) is 0 Å². The zero-order valence-electron chi connectivity index (χ0n) is 8.16. The maximum absolute atomic E-state index is 13.2. The van der Waals surface area contributed by atoms with Gasteiger partial charge < -0.3 is 5.11 Å². The van der Waals surface area contributed by atoms with Crippen molar-refractivity contribution in [2.75, 3.05) is 11.5 Å². The lowest BCUT2D eigenvalue weighted by atomic mass is 9.76. The van der Waals surface area contributed by atoms with Crippen molar-refractivity contribution in [3.05, 3.63) is 0 Å². The Hall–Kier alpha value is -0.720. The molecule has 0 amide bonds. The maximum Gasteiger partial charge on any atom is 0.315 e. The summed E-state index contributed by atoms with van der Waals surface area (Å²) in [7, 11) is -3.34. The van der Waals surface area contributed by atoms with E-state index < -0.39 is 51.5 Å². The molecule has 7 heteroatoms. The maximum atomic E-state index is 13.2. The third-order valence-electron chi connectivity index (χ3n) is 2.93. The minimum atomic E-state index is -3.41. The summed E-state index contributed by atoms with van der Waals surface area (Å²) < 4.78 is 48.5. The summed E-state index contributed by atoms with van der Waals surface area (Å²) in [6.07, 6.45) is -1.04. The zero-order chi connectivity index (χ0) is 11.9. The number of alkyl halides is 2. The highest BCUT2D eigenvalue weighted by Gasteiger charge is 2.58. The van der Waals surface area contributed by atoms with E-state index in [1.165, 1.54) is 0 Å². The summed E-state index contributed by atoms with van der Waals surface area (Å²) in [5.74, 6) is -6.00. The fourth-order valence-corrected chi connectivity index (χ4v) is 3.25. The minimum Gasteiger partial charge on any atom is -0.481 e. The van der Waals surface area contributed by atoms with Gasteiger partial charge in [0.15, 0.2) is 0 Å². The Balaban J connectivity index is 3.04. The molecule has 0 saturated carbocycles. The first-order valence-corrected chi connectivity index (χ1v) is 6.24. The molecule has 1 heterocycles. The number of aliphatic carboxylic acids is 1. The summed E-state index contributed by atoms with van der Waals surface area (Å²) in [6.45, 7) is 0.527. The molecule has 0 spiro atoms. The monoisotopic (exact) mass is 242 g/mol. The van der Waals surface area contributed by atoms with Gasteiger partial charge in [0.2, 0.25) is 0 Å². The normalized spacial score (nSPS) is 24.7. The average Bonchev–Trinajstić information content (AvgIpc) is 2.01. The van der Waals surface area contributed by atoms with Gasteiger partial charge in [-0.1, -0.05) is 0 Å². The first-order chi connectivity index (χ1) is 6.61. The minimum absolute atomic E-state index is 0.483. The molecular formula is C8H12F2O4S. The molecule has 0 aromatic heterocycles. The van der Waals surface area contributed by atoms with E-state index in [2.05, 4.69) is 0 Å². The molecule has 88 valence electrons. The summed E-state index contributed by atoms with van der Waals surface area (Å²) in [4.78, 5) is 10.9. The van der Waals surface area contributed by atoms with Crippen LogP contribution in [0.1, 0.15) is 19.8 Å². The first-order valence-electron chi connectivity index (χ1n) is 4.42. The number of carboxylic acid groups (broad SMARTS) is 1. The van der Waals surface area contributed by atoms with Gasteiger partial charge >= 0.3 is 5.97 Å². The molecule has 0 aromatic rings. The lowest BCUT2D eigenvalue weighted by Gasteiger charge is -2.37. The third-order valence-corrected chi connectivity index (χ3v) is 4.58. The number of carboxylic acids is 1. The second-order valence-corrected chi connectivity index (χ2v) is 6.23. The summed E-state index contributed by atoms with van der Waals surface area (Å²) in [6, 6.07) is 0. The topological polar surface area (TPSA) is 71.4 Å². The van der Waals surface area contributed by atoms with Crippen molar-refractivity contribution in [3.8, 4) is 0 Å². The molecule has 0 atom stereocenters. The summed E-state index contributed by atoms with van der Waals surface area (Å²) in [5, 5.41) is 8.82. The number of rotatable bonds is 2. The highest BCUT2D eigenvalue weighted by Crippen LogP contribution is 2.45. The molecule has 1 saturated heterocycles. The van der Waals surface area contributed by atoms with Gasteiger partial charge in [0, 0.05) is 6.92 Å². The van der Waals surface area contributed by atoms with Crippen molar-refractivity contribution in [3.63, 3.8) is 0 Å². The summed E-state index contributed by atoms with van der Waals surface area (Å²) >= 11 is 0. The van der Waals surface area contributed by atoms with E-state index in [1.807, 2.05) is 0 Å². The fraction of sp³-hybridized carbons (Fsp3) is 0.875. The number of sulfone groups is 1. The highest BCUT2D eigenvalue weighted by atomic mass is 32.2. The highest BCUT2D eigenvalue weighted by molar-refractivity contribution is 7.91. The zero-order valence-corrected chi connectivity index (χ0v) is 8.98. The molecule has 1 fully saturated rings. The quantitative estimate of drug-likeness (QED) is 0.781. The fourth-order valence-electron chi connectivity index (χ4n) is 1.73. The SMILES string of the molecule is CC(F)(F)C1(C(=O)O)CCS(=O)(=O)CC1. The largest absolute Gasteiger partial charge is 0.481 e. The van der Waals surface area contributed by atoms with E-state index in [0.717, 1.165) is 0 Å². The molecular weight excluding hydrogens is 230 g/mol. The van der Waals surface area contributed by atoms with Crippen LogP contribution >= 0.6 is 0 Å². The Bertz CT molecular complexity index is 355. The number of halogens is 2. The van der Waals surface area contributed by atoms with E-state index in [1.54, 1.807) is 0 Å². The van der Waals surface area contributed by atoms with Crippen LogP contribution in [0.15, 0.2) is 0 Å². The average molecular weight is 242 g/mol. The summed E-state index contributed by atoms with van der Waals surface area (Å²) in [5.41, 5.74) is -2.22. The van der Waals surface area contributed by atoms with Crippen molar-refractivity contribution in [2.45, 2.75) is 25.7 Å². The van der Waals surface area contributed by atoms with Gasteiger partial charge in [-0.15, -0.1) is 0 Å². The van der Waals surface area contributed by atoms with Crippen molar-refractivity contribution >= 4 is 15.8 Å². The van der Waals surface area contributed by atoms with Gasteiger partial charge in [-0.05, 0) is 12.8 Å². The van der Waals surface area contributed by atoms with E-state index in [9.17, 15) is 22.0 Å². The van der Waals surface area contributed by atoms with Crippen LogP contribution in [-0.4, -0.2) is 36.9 Å². The molecule has 15 heavy (non-hydrogen) atoms. The molecule has 1 aliphatic rings. The van der Waals surface area contributed by atoms with E-state index in [-0.39, 0.29) is 0 Å². The first kappa shape index (κ1) is 12.4. The Morgan fingerprint density at radius 3 is 2.00 bits per heavy atom. The predicted molar refractivity (Wildman–Crippen MR) is 48.6 cm³/mol. The van der Waals surface area contributed by atoms with Crippen LogP contribution in [0.3, 0.4) is 0 Å². The predicted octanol–water partition coefficient (Wildman–Crippen LogP) is 0.921. The molecule has 4 nitrogen and oxygen atoms in total. The van der Waals surface area contributed by atoms with Crippen molar-refractivity contribution in [1.82, 2.24) is 0 Å². The Kier molecular flexibility index (Phi) is 2.80. The van der Waals surface area contributed by atoms with Crippen LogP contribution < -0.4 is 0 Å². The molecule has 0 aromatic carbocycles. The van der Waals surface area contributed by atoms with Crippen molar-refractivity contribution in [2.24, 2.45) is 5.41 Å². The van der Waals surface area contributed by atoms with E-state index >= 15 is 0 Å². The number of hydrogen-bond donors (Lipinski definition) is 1. The van der Waals surface area contributed by atoms with Gasteiger partial charge in [0.25, 0.3) is 5.92 Å². The van der Waals surface area contributed by atoms with E-state index in [0.29, 0.717) is 6.92 Å². The van der Waals surface area contributed by atoms with Crippen molar-refractivity contribution in [1.29, 1.82) is 0 Å². The van der Waals surface area contributed by atoms with Crippen LogP contribution in [0.25, 0.3) is 0 Å². The van der Waals surface area contributed by atoms with E-state index in [4.69, 9.17) is 5.11 Å². The molecule has 1 N–H and O–H groups in total. The van der Waals surface area contributed by atoms with Crippen molar-refractivity contribution < 1.29 is 27.1 Å². The van der Waals surface area contributed by atoms with Crippen LogP contribution in [0.4, 0.5) is 8.78 Å². The number of carbonyl (C=O) groups is 1. The Morgan fingerprint density at radius 1 is 1.33 bits per heavy atom.